The highest BCUT2D eigenvalue weighted by Crippen LogP contribution is 2.33. The number of piperidine rings is 1. The molecule has 2 fully saturated rings. The van der Waals surface area contributed by atoms with E-state index in [1.807, 2.05) is 23.1 Å². The summed E-state index contributed by atoms with van der Waals surface area (Å²) in [4.78, 5) is 21.8. The molecule has 0 saturated carbocycles. The van der Waals surface area contributed by atoms with Gasteiger partial charge in [0.15, 0.2) is 5.13 Å². The van der Waals surface area contributed by atoms with Gasteiger partial charge in [0.25, 0.3) is 0 Å². The Labute approximate surface area is 175 Å². The number of carbonyl (C=O) groups excluding carboxylic acids is 1. The zero-order valence-corrected chi connectivity index (χ0v) is 18.3. The van der Waals surface area contributed by atoms with Crippen molar-refractivity contribution in [2.75, 3.05) is 57.5 Å². The predicted molar refractivity (Wildman–Crippen MR) is 114 cm³/mol. The molecule has 8 nitrogen and oxygen atoms in total. The van der Waals surface area contributed by atoms with E-state index < -0.39 is 10.0 Å². The Morgan fingerprint density at radius 1 is 1.21 bits per heavy atom. The number of methoxy groups -OCH3 is 1. The minimum Gasteiger partial charge on any atom is -0.497 e. The summed E-state index contributed by atoms with van der Waals surface area (Å²) in [5.41, 5.74) is 0.941. The van der Waals surface area contributed by atoms with Gasteiger partial charge in [-0.3, -0.25) is 4.79 Å². The monoisotopic (exact) mass is 438 g/mol. The molecule has 1 unspecified atom stereocenters. The minimum atomic E-state index is -3.19. The SMILES string of the molecule is COc1ccc2nc(N3CCCC(C(=O)N4CCN(S(C)(=O)=O)CC4)C3)sc2c1. The third-order valence-electron chi connectivity index (χ3n) is 5.64. The van der Waals surface area contributed by atoms with Crippen LogP contribution in [0.2, 0.25) is 0 Å². The second-order valence-corrected chi connectivity index (χ2v) is 10.6. The largest absolute Gasteiger partial charge is 0.497 e. The normalized spacial score (nSPS) is 21.5. The first-order chi connectivity index (χ1) is 13.8. The van der Waals surface area contributed by atoms with E-state index in [0.717, 1.165) is 40.5 Å². The van der Waals surface area contributed by atoms with Crippen LogP contribution in [0, 0.1) is 5.92 Å². The molecule has 2 saturated heterocycles. The minimum absolute atomic E-state index is 0.0740. The van der Waals surface area contributed by atoms with Crippen LogP contribution < -0.4 is 9.64 Å². The number of hydrogen-bond acceptors (Lipinski definition) is 7. The molecule has 2 aromatic rings. The lowest BCUT2D eigenvalue weighted by atomic mass is 9.96. The van der Waals surface area contributed by atoms with Gasteiger partial charge in [0.1, 0.15) is 5.75 Å². The van der Waals surface area contributed by atoms with E-state index in [1.165, 1.54) is 10.6 Å². The molecule has 1 atom stereocenters. The molecule has 158 valence electrons. The van der Waals surface area contributed by atoms with Crippen LogP contribution in [0.3, 0.4) is 0 Å². The molecule has 3 heterocycles. The summed E-state index contributed by atoms with van der Waals surface area (Å²) in [6.07, 6.45) is 3.02. The predicted octanol–water partition coefficient (Wildman–Crippen LogP) is 1.63. The van der Waals surface area contributed by atoms with Crippen LogP contribution in [0.4, 0.5) is 5.13 Å². The van der Waals surface area contributed by atoms with E-state index in [2.05, 4.69) is 4.90 Å². The summed E-state index contributed by atoms with van der Waals surface area (Å²) in [6.45, 7) is 3.22. The molecule has 2 aliphatic rings. The van der Waals surface area contributed by atoms with E-state index in [4.69, 9.17) is 9.72 Å². The Bertz CT molecular complexity index is 999. The molecule has 0 aliphatic carbocycles. The second-order valence-electron chi connectivity index (χ2n) is 7.60. The van der Waals surface area contributed by atoms with Gasteiger partial charge in [-0.2, -0.15) is 4.31 Å². The lowest BCUT2D eigenvalue weighted by molar-refractivity contribution is -0.137. The summed E-state index contributed by atoms with van der Waals surface area (Å²) >= 11 is 1.62. The molecule has 4 rings (SSSR count). The van der Waals surface area contributed by atoms with Gasteiger partial charge in [-0.25, -0.2) is 13.4 Å². The van der Waals surface area contributed by atoms with E-state index in [-0.39, 0.29) is 11.8 Å². The van der Waals surface area contributed by atoms with Crippen LogP contribution >= 0.6 is 11.3 Å². The molecule has 0 spiro atoms. The van der Waals surface area contributed by atoms with Crippen LogP contribution in [-0.4, -0.2) is 81.1 Å². The third kappa shape index (κ3) is 4.34. The fourth-order valence-corrected chi connectivity index (χ4v) is 5.86. The maximum Gasteiger partial charge on any atom is 0.227 e. The van der Waals surface area contributed by atoms with E-state index in [1.54, 1.807) is 18.4 Å². The zero-order valence-electron chi connectivity index (χ0n) is 16.7. The van der Waals surface area contributed by atoms with Crippen molar-refractivity contribution in [3.8, 4) is 5.75 Å². The van der Waals surface area contributed by atoms with Gasteiger partial charge in [0.05, 0.1) is 29.5 Å². The number of aromatic nitrogens is 1. The molecule has 0 N–H and O–H groups in total. The van der Waals surface area contributed by atoms with Gasteiger partial charge in [-0.05, 0) is 31.0 Å². The number of amides is 1. The highest BCUT2D eigenvalue weighted by atomic mass is 32.2. The number of carbonyl (C=O) groups is 1. The molecule has 1 amide bonds. The number of fused-ring (bicyclic) bond motifs is 1. The number of thiazole rings is 1. The molecule has 2 aliphatic heterocycles. The fourth-order valence-electron chi connectivity index (χ4n) is 4.01. The number of hydrogen-bond donors (Lipinski definition) is 0. The summed E-state index contributed by atoms with van der Waals surface area (Å²) in [5.74, 6) is 0.869. The molecule has 0 bridgehead atoms. The molecule has 0 radical (unpaired) electrons. The van der Waals surface area contributed by atoms with E-state index in [9.17, 15) is 13.2 Å². The van der Waals surface area contributed by atoms with Crippen molar-refractivity contribution >= 4 is 42.6 Å². The average Bonchev–Trinajstić information content (AvgIpc) is 3.16. The lowest BCUT2D eigenvalue weighted by Crippen LogP contribution is -2.53. The van der Waals surface area contributed by atoms with Crippen molar-refractivity contribution in [3.05, 3.63) is 18.2 Å². The Kier molecular flexibility index (Phi) is 5.67. The second kappa shape index (κ2) is 8.08. The number of piperazine rings is 1. The third-order valence-corrected chi connectivity index (χ3v) is 8.03. The fraction of sp³-hybridized carbons (Fsp3) is 0.579. The summed E-state index contributed by atoms with van der Waals surface area (Å²) in [5, 5.41) is 0.938. The number of benzene rings is 1. The average molecular weight is 439 g/mol. The number of anilines is 1. The zero-order chi connectivity index (χ0) is 20.6. The molecule has 10 heteroatoms. The molecule has 1 aromatic heterocycles. The Morgan fingerprint density at radius 3 is 2.66 bits per heavy atom. The maximum atomic E-state index is 13.0. The van der Waals surface area contributed by atoms with Crippen LogP contribution in [0.5, 0.6) is 5.75 Å². The van der Waals surface area contributed by atoms with Crippen molar-refractivity contribution in [1.29, 1.82) is 0 Å². The van der Waals surface area contributed by atoms with Crippen LogP contribution in [0.1, 0.15) is 12.8 Å². The maximum absolute atomic E-state index is 13.0. The van der Waals surface area contributed by atoms with E-state index in [0.29, 0.717) is 32.7 Å². The Hall–Kier alpha value is -1.91. The van der Waals surface area contributed by atoms with Crippen molar-refractivity contribution in [2.24, 2.45) is 5.92 Å². The van der Waals surface area contributed by atoms with Gasteiger partial charge in [0, 0.05) is 39.3 Å². The molecular weight excluding hydrogens is 412 g/mol. The highest BCUT2D eigenvalue weighted by molar-refractivity contribution is 7.88. The van der Waals surface area contributed by atoms with Crippen molar-refractivity contribution in [2.45, 2.75) is 12.8 Å². The Morgan fingerprint density at radius 2 is 1.97 bits per heavy atom. The summed E-state index contributed by atoms with van der Waals surface area (Å²) < 4.78 is 31.2. The van der Waals surface area contributed by atoms with Crippen molar-refractivity contribution in [3.63, 3.8) is 0 Å². The van der Waals surface area contributed by atoms with Gasteiger partial charge < -0.3 is 14.5 Å². The van der Waals surface area contributed by atoms with Crippen molar-refractivity contribution < 1.29 is 17.9 Å². The summed E-state index contributed by atoms with van der Waals surface area (Å²) in [7, 11) is -1.54. The molecule has 1 aromatic carbocycles. The first-order valence-electron chi connectivity index (χ1n) is 9.78. The van der Waals surface area contributed by atoms with Crippen LogP contribution in [0.15, 0.2) is 18.2 Å². The molecule has 29 heavy (non-hydrogen) atoms. The first-order valence-corrected chi connectivity index (χ1v) is 12.4. The van der Waals surface area contributed by atoms with Gasteiger partial charge in [-0.1, -0.05) is 11.3 Å². The quantitative estimate of drug-likeness (QED) is 0.722. The number of nitrogens with zero attached hydrogens (tertiary/aromatic N) is 4. The van der Waals surface area contributed by atoms with Gasteiger partial charge in [0.2, 0.25) is 15.9 Å². The van der Waals surface area contributed by atoms with Gasteiger partial charge >= 0.3 is 0 Å². The molecular formula is C19H26N4O4S2. The van der Waals surface area contributed by atoms with Crippen molar-refractivity contribution in [1.82, 2.24) is 14.2 Å². The lowest BCUT2D eigenvalue weighted by Gasteiger charge is -2.38. The summed E-state index contributed by atoms with van der Waals surface area (Å²) in [6, 6.07) is 5.86. The standard InChI is InChI=1S/C19H26N4O4S2/c1-27-15-5-6-16-17(12-15)28-19(20-16)22-7-3-4-14(13-22)18(24)21-8-10-23(11-9-21)29(2,25)26/h5-6,12,14H,3-4,7-11,13H2,1-2H3. The highest BCUT2D eigenvalue weighted by Gasteiger charge is 2.33. The smallest absolute Gasteiger partial charge is 0.227 e. The number of ether oxygens (including phenoxy) is 1. The van der Waals surface area contributed by atoms with E-state index >= 15 is 0 Å². The topological polar surface area (TPSA) is 83.1 Å². The van der Waals surface area contributed by atoms with Crippen LogP contribution in [0.25, 0.3) is 10.2 Å². The van der Waals surface area contributed by atoms with Crippen LogP contribution in [-0.2, 0) is 14.8 Å². The number of sulfonamides is 1. The first kappa shape index (κ1) is 20.4. The number of rotatable bonds is 4. The van der Waals surface area contributed by atoms with Gasteiger partial charge in [-0.15, -0.1) is 0 Å². The Balaban J connectivity index is 1.42.